The van der Waals surface area contributed by atoms with Crippen LogP contribution in [0.3, 0.4) is 0 Å². The molecular weight excluding hydrogens is 470 g/mol. The number of hydrogen-bond acceptors (Lipinski definition) is 1. The van der Waals surface area contributed by atoms with Gasteiger partial charge < -0.3 is 4.98 Å². The van der Waals surface area contributed by atoms with Gasteiger partial charge >= 0.3 is 0 Å². The Hall–Kier alpha value is -2.02. The fourth-order valence-electron chi connectivity index (χ4n) is 3.49. The number of rotatable bonds is 2. The summed E-state index contributed by atoms with van der Waals surface area (Å²) in [6.07, 6.45) is 3.73. The average Bonchev–Trinajstić information content (AvgIpc) is 2.83. The van der Waals surface area contributed by atoms with Gasteiger partial charge in [-0.15, -0.1) is 29.3 Å². The molecule has 3 aromatic rings. The third-order valence-electron chi connectivity index (χ3n) is 4.81. The third kappa shape index (κ3) is 2.47. The molecule has 0 fully saturated rings. The summed E-state index contributed by atoms with van der Waals surface area (Å²) < 4.78 is 0. The third-order valence-corrected chi connectivity index (χ3v) is 4.81. The van der Waals surface area contributed by atoms with Crippen molar-refractivity contribution < 1.29 is 20.1 Å². The van der Waals surface area contributed by atoms with Crippen LogP contribution < -0.4 is 0 Å². The van der Waals surface area contributed by atoms with E-state index >= 15 is 0 Å². The number of aromatic nitrogens is 1. The van der Waals surface area contributed by atoms with Crippen molar-refractivity contribution in [2.45, 2.75) is 19.3 Å². The van der Waals surface area contributed by atoms with Gasteiger partial charge in [-0.2, -0.15) is 0 Å². The molecule has 0 bridgehead atoms. The van der Waals surface area contributed by atoms with Crippen molar-refractivity contribution in [2.75, 3.05) is 0 Å². The maximum Gasteiger partial charge on any atom is 0.0160 e. The smallest absolute Gasteiger partial charge is 0.0160 e. The van der Waals surface area contributed by atoms with E-state index in [1.165, 1.54) is 27.8 Å². The summed E-state index contributed by atoms with van der Waals surface area (Å²) in [5.41, 5.74) is 8.44. The summed E-state index contributed by atoms with van der Waals surface area (Å²) in [7, 11) is 0. The molecule has 0 saturated carbocycles. The van der Waals surface area contributed by atoms with Gasteiger partial charge in [-0.25, -0.2) is 0 Å². The quantitative estimate of drug-likeness (QED) is 0.435. The molecule has 1 aliphatic rings. The van der Waals surface area contributed by atoms with Gasteiger partial charge in [0.2, 0.25) is 0 Å². The maximum absolute atomic E-state index is 4.45. The van der Waals surface area contributed by atoms with E-state index in [-0.39, 0.29) is 25.5 Å². The summed E-state index contributed by atoms with van der Waals surface area (Å²) in [4.78, 5) is 4.45. The number of nitrogens with zero attached hydrogens (tertiary/aromatic N) is 1. The first-order valence-electron chi connectivity index (χ1n) is 7.86. The summed E-state index contributed by atoms with van der Waals surface area (Å²) in [6.45, 7) is 8.46. The molecule has 1 aliphatic carbocycles. The van der Waals surface area contributed by atoms with Crippen LogP contribution in [0.5, 0.6) is 0 Å². The van der Waals surface area contributed by atoms with E-state index in [9.17, 15) is 0 Å². The van der Waals surface area contributed by atoms with Gasteiger partial charge in [-0.3, -0.25) is 0 Å². The standard InChI is InChI=1S/C22H18N.Ir/c1-4-15-8-10-17-18-11-9-16(21-7-5-6-12-23-21)14-20(18)22(2,3)19(17)13-15;/h4-8,10-14H,1H2,2-3H3;/q-1;. The van der Waals surface area contributed by atoms with Crippen molar-refractivity contribution in [3.05, 3.63) is 84.1 Å². The molecular formula is C22H18IrN-. The molecule has 0 spiro atoms. The van der Waals surface area contributed by atoms with E-state index in [0.29, 0.717) is 0 Å². The van der Waals surface area contributed by atoms with Gasteiger partial charge in [0.05, 0.1) is 0 Å². The van der Waals surface area contributed by atoms with Crippen LogP contribution in [0.2, 0.25) is 0 Å². The zero-order valence-corrected chi connectivity index (χ0v) is 16.2. The van der Waals surface area contributed by atoms with Crippen LogP contribution in [0.1, 0.15) is 30.5 Å². The van der Waals surface area contributed by atoms with Crippen LogP contribution in [0, 0.1) is 6.07 Å². The second-order valence-corrected chi connectivity index (χ2v) is 6.52. The molecule has 2 aromatic carbocycles. The van der Waals surface area contributed by atoms with Crippen LogP contribution in [0.25, 0.3) is 28.5 Å². The second kappa shape index (κ2) is 6.12. The molecule has 121 valence electrons. The van der Waals surface area contributed by atoms with E-state index in [0.717, 1.165) is 11.3 Å². The predicted molar refractivity (Wildman–Crippen MR) is 96.2 cm³/mol. The van der Waals surface area contributed by atoms with Gasteiger partial charge in [0, 0.05) is 26.3 Å². The molecule has 24 heavy (non-hydrogen) atoms. The molecule has 1 heterocycles. The predicted octanol–water partition coefficient (Wildman–Crippen LogP) is 5.50. The van der Waals surface area contributed by atoms with E-state index in [1.54, 1.807) is 0 Å². The summed E-state index contributed by atoms with van der Waals surface area (Å²) in [5.74, 6) is 0. The molecule has 2 heteroatoms. The second-order valence-electron chi connectivity index (χ2n) is 6.52. The number of pyridine rings is 1. The van der Waals surface area contributed by atoms with Gasteiger partial charge in [-0.1, -0.05) is 68.0 Å². The molecule has 0 saturated heterocycles. The van der Waals surface area contributed by atoms with Crippen molar-refractivity contribution in [3.8, 4) is 22.4 Å². The Morgan fingerprint density at radius 1 is 1.04 bits per heavy atom. The molecule has 1 aromatic heterocycles. The van der Waals surface area contributed by atoms with Crippen LogP contribution in [-0.2, 0) is 25.5 Å². The summed E-state index contributed by atoms with van der Waals surface area (Å²) in [6, 6.07) is 20.3. The van der Waals surface area contributed by atoms with Gasteiger partial charge in [0.25, 0.3) is 0 Å². The summed E-state index contributed by atoms with van der Waals surface area (Å²) >= 11 is 0. The molecule has 0 amide bonds. The van der Waals surface area contributed by atoms with Crippen molar-refractivity contribution in [2.24, 2.45) is 0 Å². The molecule has 0 unspecified atom stereocenters. The van der Waals surface area contributed by atoms with E-state index < -0.39 is 0 Å². The van der Waals surface area contributed by atoms with Gasteiger partial charge in [-0.05, 0) is 28.3 Å². The zero-order valence-electron chi connectivity index (χ0n) is 13.8. The van der Waals surface area contributed by atoms with Crippen molar-refractivity contribution in [1.82, 2.24) is 4.98 Å². The first-order chi connectivity index (χ1) is 11.1. The van der Waals surface area contributed by atoms with Crippen molar-refractivity contribution >= 4 is 6.08 Å². The van der Waals surface area contributed by atoms with E-state index in [1.807, 2.05) is 30.5 Å². The average molecular weight is 489 g/mol. The van der Waals surface area contributed by atoms with Crippen LogP contribution in [0.4, 0.5) is 0 Å². The molecule has 1 nitrogen and oxygen atoms in total. The topological polar surface area (TPSA) is 12.9 Å². The van der Waals surface area contributed by atoms with E-state index in [4.69, 9.17) is 0 Å². The Labute approximate surface area is 156 Å². The van der Waals surface area contributed by atoms with Crippen LogP contribution >= 0.6 is 0 Å². The van der Waals surface area contributed by atoms with Crippen LogP contribution in [-0.4, -0.2) is 4.98 Å². The first-order valence-corrected chi connectivity index (χ1v) is 7.86. The van der Waals surface area contributed by atoms with Gasteiger partial charge in [0.15, 0.2) is 0 Å². The van der Waals surface area contributed by atoms with Crippen molar-refractivity contribution in [1.29, 1.82) is 0 Å². The Morgan fingerprint density at radius 2 is 1.83 bits per heavy atom. The number of fused-ring (bicyclic) bond motifs is 3. The monoisotopic (exact) mass is 489 g/mol. The largest absolute Gasteiger partial charge is 0.305 e. The normalized spacial score (nSPS) is 13.6. The minimum Gasteiger partial charge on any atom is -0.305 e. The molecule has 1 radical (unpaired) electrons. The van der Waals surface area contributed by atoms with E-state index in [2.05, 4.69) is 61.8 Å². The van der Waals surface area contributed by atoms with Crippen molar-refractivity contribution in [3.63, 3.8) is 0 Å². The fourth-order valence-corrected chi connectivity index (χ4v) is 3.49. The Morgan fingerprint density at radius 3 is 2.54 bits per heavy atom. The SMILES string of the molecule is C=Cc1ccc2c(c1)C(C)(C)c1cc(-c3ccccn3)[c-]cc1-2.[Ir]. The molecule has 0 atom stereocenters. The maximum atomic E-state index is 4.45. The fraction of sp³-hybridized carbons (Fsp3) is 0.136. The molecule has 0 N–H and O–H groups in total. The number of benzene rings is 2. The molecule has 0 aliphatic heterocycles. The number of hydrogen-bond donors (Lipinski definition) is 0. The summed E-state index contributed by atoms with van der Waals surface area (Å²) in [5, 5.41) is 0. The van der Waals surface area contributed by atoms with Gasteiger partial charge in [0.1, 0.15) is 0 Å². The Kier molecular flexibility index (Phi) is 4.29. The Bertz CT molecular complexity index is 911. The first kappa shape index (κ1) is 16.8. The Balaban J connectivity index is 0.00000169. The minimum atomic E-state index is -0.0255. The zero-order chi connectivity index (χ0) is 16.0. The minimum absolute atomic E-state index is 0. The van der Waals surface area contributed by atoms with Crippen LogP contribution in [0.15, 0.2) is 61.3 Å². The molecule has 4 rings (SSSR count).